The van der Waals surface area contributed by atoms with Crippen molar-refractivity contribution in [3.8, 4) is 11.1 Å². The van der Waals surface area contributed by atoms with Crippen LogP contribution in [0.1, 0.15) is 55.6 Å². The van der Waals surface area contributed by atoms with Gasteiger partial charge in [-0.2, -0.15) is 0 Å². The SMILES string of the molecule is O=C(CC1(CNC(=O)OCC2c3ccccc3-c3ccccc32)CCCCC1)N[C@H](CO)C(=O)O. The number of aliphatic hydroxyl groups excluding tert-OH is 1. The van der Waals surface area contributed by atoms with Crippen molar-refractivity contribution < 1.29 is 29.3 Å². The number of nitrogens with one attached hydrogen (secondary N) is 2. The van der Waals surface area contributed by atoms with E-state index in [1.165, 1.54) is 0 Å². The van der Waals surface area contributed by atoms with E-state index in [9.17, 15) is 19.5 Å². The summed E-state index contributed by atoms with van der Waals surface area (Å²) in [6, 6.07) is 14.9. The topological polar surface area (TPSA) is 125 Å². The molecule has 2 aliphatic carbocycles. The number of hydrogen-bond acceptors (Lipinski definition) is 5. The third-order valence-electron chi connectivity index (χ3n) is 7.22. The van der Waals surface area contributed by atoms with Crippen LogP contribution in [-0.4, -0.2) is 54.0 Å². The van der Waals surface area contributed by atoms with E-state index >= 15 is 0 Å². The lowest BCUT2D eigenvalue weighted by atomic mass is 9.71. The summed E-state index contributed by atoms with van der Waals surface area (Å²) in [5, 5.41) is 23.5. The lowest BCUT2D eigenvalue weighted by Gasteiger charge is -2.37. The van der Waals surface area contributed by atoms with Crippen LogP contribution in [0.25, 0.3) is 11.1 Å². The number of carbonyl (C=O) groups excluding carboxylic acids is 2. The fraction of sp³-hybridized carbons (Fsp3) is 0.444. The molecule has 0 spiro atoms. The van der Waals surface area contributed by atoms with E-state index in [1.807, 2.05) is 24.3 Å². The Bertz CT molecular complexity index is 1030. The fourth-order valence-electron chi connectivity index (χ4n) is 5.40. The number of aliphatic hydroxyl groups is 1. The van der Waals surface area contributed by atoms with Crippen molar-refractivity contribution in [2.45, 2.75) is 50.5 Å². The Morgan fingerprint density at radius 2 is 1.57 bits per heavy atom. The van der Waals surface area contributed by atoms with E-state index in [4.69, 9.17) is 9.84 Å². The van der Waals surface area contributed by atoms with Crippen molar-refractivity contribution >= 4 is 18.0 Å². The van der Waals surface area contributed by atoms with E-state index in [0.29, 0.717) is 0 Å². The van der Waals surface area contributed by atoms with Crippen LogP contribution >= 0.6 is 0 Å². The summed E-state index contributed by atoms with van der Waals surface area (Å²) < 4.78 is 5.63. The summed E-state index contributed by atoms with van der Waals surface area (Å²) >= 11 is 0. The highest BCUT2D eigenvalue weighted by atomic mass is 16.5. The monoisotopic (exact) mass is 480 g/mol. The highest BCUT2D eigenvalue weighted by Crippen LogP contribution is 2.44. The third-order valence-corrected chi connectivity index (χ3v) is 7.22. The molecule has 8 heteroatoms. The van der Waals surface area contributed by atoms with Crippen LogP contribution in [0.5, 0.6) is 0 Å². The lowest BCUT2D eigenvalue weighted by Crippen LogP contribution is -2.47. The summed E-state index contributed by atoms with van der Waals surface area (Å²) in [4.78, 5) is 36.3. The Balaban J connectivity index is 1.36. The predicted octanol–water partition coefficient (Wildman–Crippen LogP) is 3.43. The molecule has 2 amide bonds. The van der Waals surface area contributed by atoms with Crippen LogP contribution in [0.4, 0.5) is 4.79 Å². The number of rotatable bonds is 9. The van der Waals surface area contributed by atoms with Crippen molar-refractivity contribution in [1.29, 1.82) is 0 Å². The molecule has 35 heavy (non-hydrogen) atoms. The predicted molar refractivity (Wildman–Crippen MR) is 130 cm³/mol. The van der Waals surface area contributed by atoms with Crippen LogP contribution in [0.15, 0.2) is 48.5 Å². The number of ether oxygens (including phenoxy) is 1. The zero-order chi connectivity index (χ0) is 24.8. The first-order valence-corrected chi connectivity index (χ1v) is 12.1. The van der Waals surface area contributed by atoms with Crippen molar-refractivity contribution in [2.24, 2.45) is 5.41 Å². The first-order chi connectivity index (χ1) is 16.9. The van der Waals surface area contributed by atoms with Crippen molar-refractivity contribution in [3.05, 3.63) is 59.7 Å². The van der Waals surface area contributed by atoms with Crippen molar-refractivity contribution in [3.63, 3.8) is 0 Å². The maximum absolute atomic E-state index is 12.7. The Morgan fingerprint density at radius 1 is 0.971 bits per heavy atom. The van der Waals surface area contributed by atoms with Gasteiger partial charge in [0.05, 0.1) is 6.61 Å². The number of hydrogen-bond donors (Lipinski definition) is 4. The van der Waals surface area contributed by atoms with Crippen molar-refractivity contribution in [1.82, 2.24) is 10.6 Å². The summed E-state index contributed by atoms with van der Waals surface area (Å²) in [6.45, 7) is -0.190. The number of amides is 2. The molecule has 2 aromatic carbocycles. The second kappa shape index (κ2) is 10.9. The molecule has 1 saturated carbocycles. The Labute approximate surface area is 204 Å². The lowest BCUT2D eigenvalue weighted by molar-refractivity contribution is -0.143. The number of carboxylic acids is 1. The van der Waals surface area contributed by atoms with Crippen LogP contribution < -0.4 is 10.6 Å². The minimum atomic E-state index is -1.33. The summed E-state index contributed by atoms with van der Waals surface area (Å²) in [6.07, 6.45) is 3.98. The van der Waals surface area contributed by atoms with Gasteiger partial charge in [0, 0.05) is 18.9 Å². The quantitative estimate of drug-likeness (QED) is 0.436. The number of fused-ring (bicyclic) bond motifs is 3. The average Bonchev–Trinajstić information content (AvgIpc) is 3.19. The molecule has 1 atom stereocenters. The second-order valence-corrected chi connectivity index (χ2v) is 9.56. The van der Waals surface area contributed by atoms with E-state index in [1.54, 1.807) is 0 Å². The first-order valence-electron chi connectivity index (χ1n) is 12.1. The van der Waals surface area contributed by atoms with Crippen LogP contribution in [0.3, 0.4) is 0 Å². The van der Waals surface area contributed by atoms with Gasteiger partial charge in [-0.05, 0) is 40.5 Å². The van der Waals surface area contributed by atoms with Crippen LogP contribution in [0.2, 0.25) is 0 Å². The Hall–Kier alpha value is -3.39. The van der Waals surface area contributed by atoms with Gasteiger partial charge in [-0.3, -0.25) is 4.79 Å². The maximum atomic E-state index is 12.7. The van der Waals surface area contributed by atoms with E-state index in [-0.39, 0.29) is 25.5 Å². The molecule has 2 aromatic rings. The summed E-state index contributed by atoms with van der Waals surface area (Å²) in [5.41, 5.74) is 4.13. The molecular formula is C27H32N2O6. The van der Waals surface area contributed by atoms with Gasteiger partial charge < -0.3 is 25.6 Å². The number of carboxylic acid groups (broad SMARTS) is 1. The standard InChI is InChI=1S/C27H32N2O6/c30-15-23(25(32)33)29-24(31)14-27(12-6-1-7-13-27)17-28-26(34)35-16-22-20-10-4-2-8-18(20)19-9-3-5-11-21(19)22/h2-5,8-11,22-23,30H,1,6-7,12-17H2,(H,28,34)(H,29,31)(H,32,33)/t23-/m1/s1. The fourth-order valence-corrected chi connectivity index (χ4v) is 5.40. The number of aliphatic carboxylic acids is 1. The number of carbonyl (C=O) groups is 3. The molecule has 8 nitrogen and oxygen atoms in total. The molecule has 0 unspecified atom stereocenters. The molecule has 0 heterocycles. The summed E-state index contributed by atoms with van der Waals surface area (Å²) in [5.74, 6) is -1.76. The molecule has 0 aliphatic heterocycles. The molecule has 0 saturated heterocycles. The highest BCUT2D eigenvalue weighted by Gasteiger charge is 2.36. The smallest absolute Gasteiger partial charge is 0.407 e. The van der Waals surface area contributed by atoms with Gasteiger partial charge in [0.15, 0.2) is 0 Å². The Morgan fingerprint density at radius 3 is 2.14 bits per heavy atom. The first kappa shape index (κ1) is 24.7. The van der Waals surface area contributed by atoms with E-state index in [2.05, 4.69) is 34.9 Å². The van der Waals surface area contributed by atoms with Gasteiger partial charge in [0.2, 0.25) is 5.91 Å². The number of benzene rings is 2. The molecule has 186 valence electrons. The molecular weight excluding hydrogens is 448 g/mol. The normalized spacial score (nSPS) is 17.1. The van der Waals surface area contributed by atoms with E-state index in [0.717, 1.165) is 54.4 Å². The van der Waals surface area contributed by atoms with Gasteiger partial charge >= 0.3 is 12.1 Å². The van der Waals surface area contributed by atoms with Gasteiger partial charge in [0.25, 0.3) is 0 Å². The van der Waals surface area contributed by atoms with Crippen LogP contribution in [0, 0.1) is 5.41 Å². The minimum Gasteiger partial charge on any atom is -0.480 e. The molecule has 4 rings (SSSR count). The number of alkyl carbamates (subject to hydrolysis) is 1. The highest BCUT2D eigenvalue weighted by molar-refractivity contribution is 5.84. The Kier molecular flexibility index (Phi) is 7.70. The molecule has 1 fully saturated rings. The van der Waals surface area contributed by atoms with Crippen LogP contribution in [-0.2, 0) is 14.3 Å². The van der Waals surface area contributed by atoms with Gasteiger partial charge in [-0.25, -0.2) is 9.59 Å². The van der Waals surface area contributed by atoms with Gasteiger partial charge in [0.1, 0.15) is 12.6 Å². The molecule has 4 N–H and O–H groups in total. The van der Waals surface area contributed by atoms with E-state index < -0.39 is 36.0 Å². The third kappa shape index (κ3) is 5.65. The molecule has 0 radical (unpaired) electrons. The minimum absolute atomic E-state index is 0.0333. The zero-order valence-corrected chi connectivity index (χ0v) is 19.7. The summed E-state index contributed by atoms with van der Waals surface area (Å²) in [7, 11) is 0. The largest absolute Gasteiger partial charge is 0.480 e. The molecule has 2 aliphatic rings. The van der Waals surface area contributed by atoms with Gasteiger partial charge in [-0.15, -0.1) is 0 Å². The molecule has 0 bridgehead atoms. The van der Waals surface area contributed by atoms with Crippen molar-refractivity contribution in [2.75, 3.05) is 19.8 Å². The maximum Gasteiger partial charge on any atom is 0.407 e. The zero-order valence-electron chi connectivity index (χ0n) is 19.7. The second-order valence-electron chi connectivity index (χ2n) is 9.56. The average molecular weight is 481 g/mol. The van der Waals surface area contributed by atoms with Gasteiger partial charge in [-0.1, -0.05) is 67.8 Å². The molecule has 0 aromatic heterocycles.